The van der Waals surface area contributed by atoms with Crippen LogP contribution >= 0.6 is 0 Å². The number of hydrogen-bond donors (Lipinski definition) is 0. The van der Waals surface area contributed by atoms with Gasteiger partial charge in [-0.3, -0.25) is 0 Å². The number of ether oxygens (including phenoxy) is 1. The van der Waals surface area contributed by atoms with Crippen molar-refractivity contribution in [2.45, 2.75) is 45.1 Å². The predicted molar refractivity (Wildman–Crippen MR) is 112 cm³/mol. The van der Waals surface area contributed by atoms with Gasteiger partial charge in [-0.25, -0.2) is 0 Å². The lowest BCUT2D eigenvalue weighted by molar-refractivity contribution is -0.143. The highest BCUT2D eigenvalue weighted by Crippen LogP contribution is 2.37. The fourth-order valence-electron chi connectivity index (χ4n) is 2.74. The van der Waals surface area contributed by atoms with Crippen LogP contribution in [0.25, 0.3) is 0 Å². The number of alkyl halides is 6. The van der Waals surface area contributed by atoms with Crippen molar-refractivity contribution in [3.8, 4) is 0 Å². The average Bonchev–Trinajstić information content (AvgIpc) is 2.74. The summed E-state index contributed by atoms with van der Waals surface area (Å²) in [6.45, 7) is 3.06. The Bertz CT molecular complexity index is 867. The van der Waals surface area contributed by atoms with E-state index in [-0.39, 0.29) is 18.2 Å². The molecule has 0 spiro atoms. The van der Waals surface area contributed by atoms with Crippen molar-refractivity contribution in [3.63, 3.8) is 0 Å². The first kappa shape index (κ1) is 26.2. The summed E-state index contributed by atoms with van der Waals surface area (Å²) in [7, 11) is 0. The van der Waals surface area contributed by atoms with Crippen LogP contribution in [0, 0.1) is 0 Å². The van der Waals surface area contributed by atoms with Crippen molar-refractivity contribution in [3.05, 3.63) is 70.8 Å². The normalized spacial score (nSPS) is 15.0. The van der Waals surface area contributed by atoms with Crippen molar-refractivity contribution < 1.29 is 35.6 Å². The smallest absolute Gasteiger partial charge is 0.416 e. The van der Waals surface area contributed by atoms with Gasteiger partial charge in [-0.15, -0.1) is 0 Å². The summed E-state index contributed by atoms with van der Waals surface area (Å²) in [5, 5.41) is 0. The summed E-state index contributed by atoms with van der Waals surface area (Å²) in [4.78, 5) is 0. The standard InChI is InChI=1S/C22H23F6NO2S/c1-3-4-10-32(30)29-20(16-8-6-5-7-9-16)14-31-15(2)17-11-18(21(23,24)25)13-19(12-17)22(26,27)28/h5-9,11-13,15H,3-4,10,14H2,1-2H3/b29-20-/t15-,32?/m1/s1. The van der Waals surface area contributed by atoms with E-state index in [1.807, 2.05) is 6.92 Å². The molecule has 0 saturated carbocycles. The molecule has 2 rings (SSSR count). The van der Waals surface area contributed by atoms with E-state index in [0.717, 1.165) is 6.42 Å². The molecule has 0 radical (unpaired) electrons. The third-order valence-corrected chi connectivity index (χ3v) is 5.60. The Labute approximate surface area is 185 Å². The first-order valence-corrected chi connectivity index (χ1v) is 11.1. The molecule has 2 aromatic rings. The molecule has 3 nitrogen and oxygen atoms in total. The Morgan fingerprint density at radius 2 is 1.56 bits per heavy atom. The van der Waals surface area contributed by atoms with Gasteiger partial charge in [0.2, 0.25) is 0 Å². The average molecular weight is 479 g/mol. The van der Waals surface area contributed by atoms with Gasteiger partial charge in [-0.2, -0.15) is 26.3 Å². The molecule has 0 heterocycles. The largest absolute Gasteiger partial charge is 0.591 e. The van der Waals surface area contributed by atoms with Gasteiger partial charge < -0.3 is 9.29 Å². The maximum Gasteiger partial charge on any atom is 0.416 e. The summed E-state index contributed by atoms with van der Waals surface area (Å²) in [5.41, 5.74) is -2.18. The fraction of sp³-hybridized carbons (Fsp3) is 0.409. The molecule has 0 aliphatic heterocycles. The Morgan fingerprint density at radius 1 is 1.00 bits per heavy atom. The van der Waals surface area contributed by atoms with Crippen LogP contribution in [0.3, 0.4) is 0 Å². The van der Waals surface area contributed by atoms with E-state index < -0.39 is 40.9 Å². The van der Waals surface area contributed by atoms with Crippen molar-refractivity contribution in [1.29, 1.82) is 0 Å². The van der Waals surface area contributed by atoms with Gasteiger partial charge in [-0.05, 0) is 37.1 Å². The van der Waals surface area contributed by atoms with E-state index in [1.165, 1.54) is 6.92 Å². The fourth-order valence-corrected chi connectivity index (χ4v) is 3.77. The molecule has 0 N–H and O–H groups in total. The molecule has 0 fully saturated rings. The third-order valence-electron chi connectivity index (χ3n) is 4.54. The molecule has 0 amide bonds. The van der Waals surface area contributed by atoms with Crippen LogP contribution in [0.4, 0.5) is 26.3 Å². The first-order valence-electron chi connectivity index (χ1n) is 9.84. The summed E-state index contributed by atoms with van der Waals surface area (Å²) >= 11 is -1.53. The molecule has 0 aromatic heterocycles. The molecule has 2 aromatic carbocycles. The van der Waals surface area contributed by atoms with E-state index in [4.69, 9.17) is 4.74 Å². The van der Waals surface area contributed by atoms with Gasteiger partial charge in [0.15, 0.2) is 0 Å². The third kappa shape index (κ3) is 7.83. The maximum absolute atomic E-state index is 13.1. The zero-order valence-corrected chi connectivity index (χ0v) is 18.3. The van der Waals surface area contributed by atoms with Gasteiger partial charge in [0, 0.05) is 5.56 Å². The number of hydrogen-bond acceptors (Lipinski definition) is 3. The van der Waals surface area contributed by atoms with Gasteiger partial charge in [0.1, 0.15) is 11.5 Å². The molecular formula is C22H23F6NO2S. The molecule has 0 aliphatic rings. The number of rotatable bonds is 9. The van der Waals surface area contributed by atoms with E-state index in [2.05, 4.69) is 4.40 Å². The lowest BCUT2D eigenvalue weighted by Gasteiger charge is -2.19. The molecule has 32 heavy (non-hydrogen) atoms. The lowest BCUT2D eigenvalue weighted by atomic mass is 10.0. The Kier molecular flexibility index (Phi) is 9.18. The second kappa shape index (κ2) is 11.2. The summed E-state index contributed by atoms with van der Waals surface area (Å²) in [6.07, 6.45) is -9.46. The van der Waals surface area contributed by atoms with Crippen LogP contribution in [0.15, 0.2) is 52.9 Å². The van der Waals surface area contributed by atoms with Gasteiger partial charge in [0.25, 0.3) is 0 Å². The van der Waals surface area contributed by atoms with Gasteiger partial charge in [0.05, 0.1) is 35.2 Å². The topological polar surface area (TPSA) is 44.7 Å². The highest BCUT2D eigenvalue weighted by molar-refractivity contribution is 7.90. The highest BCUT2D eigenvalue weighted by atomic mass is 32.2. The predicted octanol–water partition coefficient (Wildman–Crippen LogP) is 6.75. The molecule has 1 unspecified atom stereocenters. The number of nitrogens with zero attached hydrogens (tertiary/aromatic N) is 1. The second-order valence-corrected chi connectivity index (χ2v) is 8.31. The molecule has 176 valence electrons. The number of unbranched alkanes of at least 4 members (excludes halogenated alkanes) is 1. The maximum atomic E-state index is 13.1. The molecule has 0 saturated heterocycles. The molecule has 2 atom stereocenters. The minimum atomic E-state index is -4.94. The van der Waals surface area contributed by atoms with Crippen LogP contribution in [-0.2, 0) is 28.5 Å². The van der Waals surface area contributed by atoms with E-state index in [9.17, 15) is 30.9 Å². The minimum absolute atomic E-state index is 0.0734. The summed E-state index contributed by atoms with van der Waals surface area (Å²) < 4.78 is 101. The number of halogens is 6. The Morgan fingerprint density at radius 3 is 2.06 bits per heavy atom. The molecular weight excluding hydrogens is 456 g/mol. The monoisotopic (exact) mass is 479 g/mol. The number of benzene rings is 2. The van der Waals surface area contributed by atoms with Crippen LogP contribution in [-0.4, -0.2) is 22.6 Å². The Hall–Kier alpha value is -2.04. The van der Waals surface area contributed by atoms with E-state index >= 15 is 0 Å². The summed E-state index contributed by atoms with van der Waals surface area (Å²) in [5.74, 6) is 0.338. The molecule has 0 bridgehead atoms. The lowest BCUT2D eigenvalue weighted by Crippen LogP contribution is -2.17. The van der Waals surface area contributed by atoms with Crippen molar-refractivity contribution in [1.82, 2.24) is 0 Å². The second-order valence-electron chi connectivity index (χ2n) is 7.08. The zero-order chi connectivity index (χ0) is 23.9. The molecule has 10 heteroatoms. The highest BCUT2D eigenvalue weighted by Gasteiger charge is 2.37. The van der Waals surface area contributed by atoms with Gasteiger partial charge >= 0.3 is 12.4 Å². The minimum Gasteiger partial charge on any atom is -0.591 e. The summed E-state index contributed by atoms with van der Waals surface area (Å²) in [6, 6.07) is 9.98. The van der Waals surface area contributed by atoms with Gasteiger partial charge in [-0.1, -0.05) is 48.1 Å². The van der Waals surface area contributed by atoms with Crippen molar-refractivity contribution >= 4 is 17.1 Å². The Balaban J connectivity index is 2.29. The van der Waals surface area contributed by atoms with Crippen LogP contribution in [0.1, 0.15) is 55.0 Å². The zero-order valence-electron chi connectivity index (χ0n) is 17.5. The van der Waals surface area contributed by atoms with Crippen LogP contribution in [0.5, 0.6) is 0 Å². The first-order chi connectivity index (χ1) is 14.9. The molecule has 0 aliphatic carbocycles. The van der Waals surface area contributed by atoms with Crippen LogP contribution < -0.4 is 0 Å². The SMILES string of the molecule is CCCC[S+]([O-])/N=C(/CO[C@H](C)c1cc(C(F)(F)F)cc(C(F)(F)F)c1)c1ccccc1. The van der Waals surface area contributed by atoms with Crippen LogP contribution in [0.2, 0.25) is 0 Å². The van der Waals surface area contributed by atoms with E-state index in [0.29, 0.717) is 35.6 Å². The van der Waals surface area contributed by atoms with Crippen molar-refractivity contribution in [2.24, 2.45) is 4.40 Å². The quantitative estimate of drug-likeness (QED) is 0.227. The van der Waals surface area contributed by atoms with Crippen molar-refractivity contribution in [2.75, 3.05) is 12.4 Å². The van der Waals surface area contributed by atoms with E-state index in [1.54, 1.807) is 30.3 Å².